The van der Waals surface area contributed by atoms with Gasteiger partial charge in [0.25, 0.3) is 0 Å². The Kier molecular flexibility index (Phi) is 4.20. The molecule has 0 aliphatic carbocycles. The number of carboxylic acid groups (broad SMARTS) is 1. The standard InChI is InChI=1S/C14H15N3O2/c1-10(11-5-7-15-8-6-11)16-9-12-3-2-4-13(17-12)14(18)19/h2-8,10,16H,9H2,1H3,(H,18,19). The van der Waals surface area contributed by atoms with E-state index < -0.39 is 5.97 Å². The number of hydrogen-bond donors (Lipinski definition) is 2. The number of carbonyl (C=O) groups is 1. The van der Waals surface area contributed by atoms with Crippen LogP contribution in [-0.4, -0.2) is 21.0 Å². The van der Waals surface area contributed by atoms with Gasteiger partial charge in [-0.1, -0.05) is 6.07 Å². The van der Waals surface area contributed by atoms with E-state index in [-0.39, 0.29) is 11.7 Å². The van der Waals surface area contributed by atoms with E-state index in [1.165, 1.54) is 6.07 Å². The van der Waals surface area contributed by atoms with E-state index in [1.807, 2.05) is 19.1 Å². The first kappa shape index (κ1) is 13.2. The Morgan fingerprint density at radius 1 is 1.32 bits per heavy atom. The Labute approximate surface area is 111 Å². The fraction of sp³-hybridized carbons (Fsp3) is 0.214. The van der Waals surface area contributed by atoms with Gasteiger partial charge in [0.1, 0.15) is 5.69 Å². The highest BCUT2D eigenvalue weighted by molar-refractivity contribution is 5.85. The maximum absolute atomic E-state index is 10.8. The SMILES string of the molecule is CC(NCc1cccc(C(=O)O)n1)c1ccncc1. The molecule has 0 fully saturated rings. The first-order valence-corrected chi connectivity index (χ1v) is 5.99. The number of pyridine rings is 2. The molecule has 1 atom stereocenters. The molecule has 0 bridgehead atoms. The Bertz CT molecular complexity index is 558. The van der Waals surface area contributed by atoms with Crippen molar-refractivity contribution in [1.29, 1.82) is 0 Å². The molecule has 0 radical (unpaired) electrons. The second-order valence-electron chi connectivity index (χ2n) is 4.20. The van der Waals surface area contributed by atoms with Gasteiger partial charge in [0.15, 0.2) is 0 Å². The van der Waals surface area contributed by atoms with E-state index in [4.69, 9.17) is 5.11 Å². The number of aromatic nitrogens is 2. The highest BCUT2D eigenvalue weighted by Crippen LogP contribution is 2.11. The zero-order valence-corrected chi connectivity index (χ0v) is 10.6. The van der Waals surface area contributed by atoms with Crippen molar-refractivity contribution in [1.82, 2.24) is 15.3 Å². The summed E-state index contributed by atoms with van der Waals surface area (Å²) in [5, 5.41) is 12.2. The van der Waals surface area contributed by atoms with Crippen LogP contribution in [-0.2, 0) is 6.54 Å². The van der Waals surface area contributed by atoms with Gasteiger partial charge in [-0.25, -0.2) is 9.78 Å². The molecule has 2 aromatic heterocycles. The van der Waals surface area contributed by atoms with Gasteiger partial charge >= 0.3 is 5.97 Å². The summed E-state index contributed by atoms with van der Waals surface area (Å²) in [6.45, 7) is 2.56. The quantitative estimate of drug-likeness (QED) is 0.857. The van der Waals surface area contributed by atoms with Crippen LogP contribution in [0.2, 0.25) is 0 Å². The third kappa shape index (κ3) is 3.59. The van der Waals surface area contributed by atoms with Crippen LogP contribution in [0.25, 0.3) is 0 Å². The van der Waals surface area contributed by atoms with Gasteiger partial charge < -0.3 is 10.4 Å². The molecule has 5 nitrogen and oxygen atoms in total. The zero-order valence-electron chi connectivity index (χ0n) is 10.6. The molecule has 2 heterocycles. The number of aromatic carboxylic acids is 1. The molecule has 0 spiro atoms. The summed E-state index contributed by atoms with van der Waals surface area (Å²) < 4.78 is 0. The third-order valence-electron chi connectivity index (χ3n) is 2.82. The molecule has 0 aliphatic rings. The topological polar surface area (TPSA) is 75.1 Å². The fourth-order valence-electron chi connectivity index (χ4n) is 1.72. The van der Waals surface area contributed by atoms with Crippen LogP contribution in [0.3, 0.4) is 0 Å². The number of rotatable bonds is 5. The summed E-state index contributed by atoms with van der Waals surface area (Å²) in [5.41, 5.74) is 1.90. The van der Waals surface area contributed by atoms with E-state index in [1.54, 1.807) is 24.5 Å². The largest absolute Gasteiger partial charge is 0.477 e. The fourth-order valence-corrected chi connectivity index (χ4v) is 1.72. The molecule has 2 aromatic rings. The number of carboxylic acids is 1. The molecule has 0 amide bonds. The minimum atomic E-state index is -1.01. The van der Waals surface area contributed by atoms with Gasteiger partial charge in [-0.3, -0.25) is 4.98 Å². The molecule has 0 saturated carbocycles. The van der Waals surface area contributed by atoms with E-state index >= 15 is 0 Å². The van der Waals surface area contributed by atoms with Gasteiger partial charge in [-0.2, -0.15) is 0 Å². The van der Waals surface area contributed by atoms with Crippen LogP contribution in [0.4, 0.5) is 0 Å². The number of nitrogens with zero attached hydrogens (tertiary/aromatic N) is 2. The number of nitrogens with one attached hydrogen (secondary N) is 1. The molecule has 2 rings (SSSR count). The Hall–Kier alpha value is -2.27. The molecule has 0 aliphatic heterocycles. The molecule has 19 heavy (non-hydrogen) atoms. The van der Waals surface area contributed by atoms with Crippen molar-refractivity contribution in [3.05, 3.63) is 59.7 Å². The second-order valence-corrected chi connectivity index (χ2v) is 4.20. The minimum Gasteiger partial charge on any atom is -0.477 e. The Balaban J connectivity index is 1.99. The summed E-state index contributed by atoms with van der Waals surface area (Å²) in [4.78, 5) is 18.9. The molecule has 0 saturated heterocycles. The Morgan fingerprint density at radius 2 is 2.05 bits per heavy atom. The van der Waals surface area contributed by atoms with Crippen LogP contribution < -0.4 is 5.32 Å². The average molecular weight is 257 g/mol. The summed E-state index contributed by atoms with van der Waals surface area (Å²) in [6.07, 6.45) is 3.49. The minimum absolute atomic E-state index is 0.0656. The van der Waals surface area contributed by atoms with Crippen molar-refractivity contribution >= 4 is 5.97 Å². The summed E-state index contributed by atoms with van der Waals surface area (Å²) in [5.74, 6) is -1.01. The normalized spacial score (nSPS) is 12.1. The van der Waals surface area contributed by atoms with E-state index in [2.05, 4.69) is 15.3 Å². The van der Waals surface area contributed by atoms with E-state index in [9.17, 15) is 4.79 Å². The first-order chi connectivity index (χ1) is 9.16. The van der Waals surface area contributed by atoms with E-state index in [0.717, 1.165) is 5.56 Å². The first-order valence-electron chi connectivity index (χ1n) is 5.99. The molecule has 1 unspecified atom stereocenters. The molecular weight excluding hydrogens is 242 g/mol. The highest BCUT2D eigenvalue weighted by Gasteiger charge is 2.07. The highest BCUT2D eigenvalue weighted by atomic mass is 16.4. The van der Waals surface area contributed by atoms with Crippen molar-refractivity contribution in [3.8, 4) is 0 Å². The van der Waals surface area contributed by atoms with Gasteiger partial charge in [0.2, 0.25) is 0 Å². The lowest BCUT2D eigenvalue weighted by molar-refractivity contribution is 0.0690. The maximum atomic E-state index is 10.8. The van der Waals surface area contributed by atoms with Gasteiger partial charge in [-0.15, -0.1) is 0 Å². The van der Waals surface area contributed by atoms with Crippen LogP contribution in [0.1, 0.15) is 34.7 Å². The second kappa shape index (κ2) is 6.06. The predicted molar refractivity (Wildman–Crippen MR) is 70.7 cm³/mol. The smallest absolute Gasteiger partial charge is 0.354 e. The van der Waals surface area contributed by atoms with E-state index in [0.29, 0.717) is 12.2 Å². The monoisotopic (exact) mass is 257 g/mol. The van der Waals surface area contributed by atoms with Crippen LogP contribution in [0.15, 0.2) is 42.7 Å². The van der Waals surface area contributed by atoms with Crippen LogP contribution in [0, 0.1) is 0 Å². The average Bonchev–Trinajstić information content (AvgIpc) is 2.46. The van der Waals surface area contributed by atoms with Crippen molar-refractivity contribution < 1.29 is 9.90 Å². The molecule has 98 valence electrons. The molecule has 2 N–H and O–H groups in total. The van der Waals surface area contributed by atoms with Gasteiger partial charge in [-0.05, 0) is 36.8 Å². The van der Waals surface area contributed by atoms with Gasteiger partial charge in [0, 0.05) is 25.0 Å². The van der Waals surface area contributed by atoms with Crippen molar-refractivity contribution in [2.24, 2.45) is 0 Å². The molecule has 0 aromatic carbocycles. The third-order valence-corrected chi connectivity index (χ3v) is 2.82. The lowest BCUT2D eigenvalue weighted by atomic mass is 10.1. The molecular formula is C14H15N3O2. The lowest BCUT2D eigenvalue weighted by Crippen LogP contribution is -2.19. The zero-order chi connectivity index (χ0) is 13.7. The maximum Gasteiger partial charge on any atom is 0.354 e. The molecule has 5 heteroatoms. The van der Waals surface area contributed by atoms with Crippen molar-refractivity contribution in [2.45, 2.75) is 19.5 Å². The van der Waals surface area contributed by atoms with Crippen molar-refractivity contribution in [3.63, 3.8) is 0 Å². The predicted octanol–water partition coefficient (Wildman–Crippen LogP) is 2.03. The van der Waals surface area contributed by atoms with Crippen LogP contribution >= 0.6 is 0 Å². The number of hydrogen-bond acceptors (Lipinski definition) is 4. The lowest BCUT2D eigenvalue weighted by Gasteiger charge is -2.13. The van der Waals surface area contributed by atoms with Gasteiger partial charge in [0.05, 0.1) is 5.69 Å². The summed E-state index contributed by atoms with van der Waals surface area (Å²) in [7, 11) is 0. The summed E-state index contributed by atoms with van der Waals surface area (Å²) >= 11 is 0. The van der Waals surface area contributed by atoms with Crippen LogP contribution in [0.5, 0.6) is 0 Å². The summed E-state index contributed by atoms with van der Waals surface area (Å²) in [6, 6.07) is 9.03. The van der Waals surface area contributed by atoms with Crippen molar-refractivity contribution in [2.75, 3.05) is 0 Å². The Morgan fingerprint density at radius 3 is 2.74 bits per heavy atom.